The van der Waals surface area contributed by atoms with Crippen molar-refractivity contribution < 1.29 is 9.21 Å². The van der Waals surface area contributed by atoms with Gasteiger partial charge < -0.3 is 9.73 Å². The Bertz CT molecular complexity index is 1410. The summed E-state index contributed by atoms with van der Waals surface area (Å²) in [5.41, 5.74) is 3.43. The van der Waals surface area contributed by atoms with Crippen molar-refractivity contribution in [1.82, 2.24) is 24.5 Å². The molecule has 0 aliphatic carbocycles. The zero-order chi connectivity index (χ0) is 22.1. The molecule has 158 valence electrons. The molecule has 0 aliphatic rings. The number of imidazole rings is 1. The predicted octanol–water partition coefficient (Wildman–Crippen LogP) is 4.75. The van der Waals surface area contributed by atoms with Crippen molar-refractivity contribution in [2.75, 3.05) is 11.6 Å². The van der Waals surface area contributed by atoms with Crippen molar-refractivity contribution in [2.45, 2.75) is 11.9 Å². The maximum Gasteiger partial charge on any atom is 0.260 e. The number of amides is 1. The molecule has 4 aromatic heterocycles. The van der Waals surface area contributed by atoms with Gasteiger partial charge in [0.1, 0.15) is 17.2 Å². The number of thioether (sulfide) groups is 1. The normalized spacial score (nSPS) is 11.1. The minimum atomic E-state index is -0.291. The molecule has 1 aromatic carbocycles. The van der Waals surface area contributed by atoms with Crippen molar-refractivity contribution in [3.8, 4) is 17.4 Å². The van der Waals surface area contributed by atoms with Gasteiger partial charge in [0, 0.05) is 0 Å². The van der Waals surface area contributed by atoms with E-state index < -0.39 is 0 Å². The van der Waals surface area contributed by atoms with Crippen molar-refractivity contribution in [3.63, 3.8) is 0 Å². The number of para-hydroxylation sites is 2. The number of benzene rings is 1. The van der Waals surface area contributed by atoms with E-state index in [0.717, 1.165) is 11.0 Å². The van der Waals surface area contributed by atoms with Crippen LogP contribution in [0.15, 0.2) is 76.8 Å². The van der Waals surface area contributed by atoms with E-state index in [1.54, 1.807) is 43.9 Å². The first-order valence-electron chi connectivity index (χ1n) is 9.80. The fourth-order valence-corrected chi connectivity index (χ4v) is 4.03. The standard InChI is InChI=1S/C23H18N6O2S/c1-14-20(23(32-2)28-21(26-14)18-8-5-11-31-18)22(30)27-15-9-10-19(24-12-15)29-13-25-16-6-3-4-7-17(16)29/h3-13H,1-2H3,(H,27,30). The molecule has 0 saturated heterocycles. The number of hydrogen-bond donors (Lipinski definition) is 1. The Hall–Kier alpha value is -3.98. The zero-order valence-electron chi connectivity index (χ0n) is 17.3. The van der Waals surface area contributed by atoms with Crippen LogP contribution in [0.25, 0.3) is 28.4 Å². The van der Waals surface area contributed by atoms with Gasteiger partial charge in [-0.05, 0) is 49.6 Å². The van der Waals surface area contributed by atoms with E-state index in [1.165, 1.54) is 11.8 Å². The molecule has 4 heterocycles. The Morgan fingerprint density at radius 1 is 1.06 bits per heavy atom. The number of pyridine rings is 1. The van der Waals surface area contributed by atoms with Crippen molar-refractivity contribution in [1.29, 1.82) is 0 Å². The maximum atomic E-state index is 13.0. The van der Waals surface area contributed by atoms with Crippen LogP contribution in [0.4, 0.5) is 5.69 Å². The summed E-state index contributed by atoms with van der Waals surface area (Å²) in [5, 5.41) is 3.47. The minimum Gasteiger partial charge on any atom is -0.461 e. The van der Waals surface area contributed by atoms with Crippen LogP contribution in [0.5, 0.6) is 0 Å². The predicted molar refractivity (Wildman–Crippen MR) is 123 cm³/mol. The van der Waals surface area contributed by atoms with Crippen LogP contribution >= 0.6 is 11.8 Å². The molecule has 0 saturated carbocycles. The van der Waals surface area contributed by atoms with Gasteiger partial charge in [-0.1, -0.05) is 12.1 Å². The third-order valence-corrected chi connectivity index (χ3v) is 5.61. The number of anilines is 1. The van der Waals surface area contributed by atoms with E-state index in [1.807, 2.05) is 41.2 Å². The first kappa shape index (κ1) is 20.0. The second kappa shape index (κ2) is 8.27. The van der Waals surface area contributed by atoms with Crippen LogP contribution < -0.4 is 5.32 Å². The Morgan fingerprint density at radius 3 is 2.69 bits per heavy atom. The van der Waals surface area contributed by atoms with Gasteiger partial charge in [0.05, 0.1) is 40.4 Å². The van der Waals surface area contributed by atoms with Crippen molar-refractivity contribution in [3.05, 3.63) is 78.6 Å². The number of rotatable bonds is 5. The number of aromatic nitrogens is 5. The third-order valence-electron chi connectivity index (χ3n) is 4.92. The highest BCUT2D eigenvalue weighted by Crippen LogP contribution is 2.26. The molecule has 0 fully saturated rings. The van der Waals surface area contributed by atoms with Gasteiger partial charge in [-0.25, -0.2) is 19.9 Å². The molecular formula is C23H18N6O2S. The molecule has 0 radical (unpaired) electrons. The average Bonchev–Trinajstić information content (AvgIpc) is 3.49. The van der Waals surface area contributed by atoms with Crippen LogP contribution in [-0.4, -0.2) is 36.7 Å². The topological polar surface area (TPSA) is 98.7 Å². The second-order valence-corrected chi connectivity index (χ2v) is 7.75. The lowest BCUT2D eigenvalue weighted by Crippen LogP contribution is -2.17. The van der Waals surface area contributed by atoms with Gasteiger partial charge in [-0.2, -0.15) is 0 Å². The molecule has 0 spiro atoms. The number of nitrogens with zero attached hydrogens (tertiary/aromatic N) is 5. The fraction of sp³-hybridized carbons (Fsp3) is 0.0870. The molecule has 1 amide bonds. The summed E-state index contributed by atoms with van der Waals surface area (Å²) in [7, 11) is 0. The first-order chi connectivity index (χ1) is 15.6. The van der Waals surface area contributed by atoms with Crippen LogP contribution in [-0.2, 0) is 0 Å². The van der Waals surface area contributed by atoms with Gasteiger partial charge in [-0.3, -0.25) is 9.36 Å². The summed E-state index contributed by atoms with van der Waals surface area (Å²) < 4.78 is 7.29. The Morgan fingerprint density at radius 2 is 1.94 bits per heavy atom. The van der Waals surface area contributed by atoms with E-state index in [4.69, 9.17) is 4.42 Å². The molecule has 8 nitrogen and oxygen atoms in total. The lowest BCUT2D eigenvalue weighted by molar-refractivity contribution is 0.102. The number of carbonyl (C=O) groups is 1. The summed E-state index contributed by atoms with van der Waals surface area (Å²) in [6.45, 7) is 1.79. The van der Waals surface area contributed by atoms with Gasteiger partial charge in [0.25, 0.3) is 5.91 Å². The van der Waals surface area contributed by atoms with E-state index in [0.29, 0.717) is 39.4 Å². The Balaban J connectivity index is 1.40. The summed E-state index contributed by atoms with van der Waals surface area (Å²) in [4.78, 5) is 30.9. The lowest BCUT2D eigenvalue weighted by atomic mass is 10.2. The highest BCUT2D eigenvalue weighted by atomic mass is 32.2. The SMILES string of the molecule is CSc1nc(-c2ccco2)nc(C)c1C(=O)Nc1ccc(-n2cnc3ccccc32)nc1. The summed E-state index contributed by atoms with van der Waals surface area (Å²) in [6.07, 6.45) is 6.79. The number of furan rings is 1. The van der Waals surface area contributed by atoms with E-state index in [2.05, 4.69) is 25.3 Å². The number of aryl methyl sites for hydroxylation is 1. The number of fused-ring (bicyclic) bond motifs is 1. The van der Waals surface area contributed by atoms with Crippen molar-refractivity contribution >= 4 is 34.4 Å². The highest BCUT2D eigenvalue weighted by Gasteiger charge is 2.20. The van der Waals surface area contributed by atoms with Crippen LogP contribution in [0.2, 0.25) is 0 Å². The molecule has 9 heteroatoms. The Labute approximate surface area is 187 Å². The second-order valence-electron chi connectivity index (χ2n) is 6.96. The number of nitrogens with one attached hydrogen (secondary N) is 1. The molecule has 32 heavy (non-hydrogen) atoms. The van der Waals surface area contributed by atoms with E-state index in [-0.39, 0.29) is 5.91 Å². The molecule has 0 bridgehead atoms. The first-order valence-corrected chi connectivity index (χ1v) is 11.0. The molecule has 0 atom stereocenters. The fourth-order valence-electron chi connectivity index (χ4n) is 3.41. The van der Waals surface area contributed by atoms with E-state index >= 15 is 0 Å². The minimum absolute atomic E-state index is 0.291. The smallest absolute Gasteiger partial charge is 0.260 e. The molecule has 1 N–H and O–H groups in total. The Kier molecular flexibility index (Phi) is 5.16. The quantitative estimate of drug-likeness (QED) is 0.310. The number of carbonyl (C=O) groups excluding carboxylic acids is 1. The number of hydrogen-bond acceptors (Lipinski definition) is 7. The summed E-state index contributed by atoms with van der Waals surface area (Å²) >= 11 is 1.38. The van der Waals surface area contributed by atoms with Crippen LogP contribution in [0, 0.1) is 6.92 Å². The van der Waals surface area contributed by atoms with E-state index in [9.17, 15) is 4.79 Å². The van der Waals surface area contributed by atoms with Crippen molar-refractivity contribution in [2.24, 2.45) is 0 Å². The van der Waals surface area contributed by atoms with Gasteiger partial charge in [0.15, 0.2) is 11.6 Å². The van der Waals surface area contributed by atoms with Crippen LogP contribution in [0.3, 0.4) is 0 Å². The average molecular weight is 443 g/mol. The zero-order valence-corrected chi connectivity index (χ0v) is 18.1. The van der Waals surface area contributed by atoms with Gasteiger partial charge in [0.2, 0.25) is 0 Å². The summed E-state index contributed by atoms with van der Waals surface area (Å²) in [6, 6.07) is 15.0. The van der Waals surface area contributed by atoms with Crippen LogP contribution in [0.1, 0.15) is 16.1 Å². The molecule has 0 unspecified atom stereocenters. The van der Waals surface area contributed by atoms with Gasteiger partial charge >= 0.3 is 0 Å². The van der Waals surface area contributed by atoms with Gasteiger partial charge in [-0.15, -0.1) is 11.8 Å². The molecule has 5 aromatic rings. The molecular weight excluding hydrogens is 424 g/mol. The highest BCUT2D eigenvalue weighted by molar-refractivity contribution is 7.98. The third kappa shape index (κ3) is 3.63. The lowest BCUT2D eigenvalue weighted by Gasteiger charge is -2.12. The largest absolute Gasteiger partial charge is 0.461 e. The molecule has 5 rings (SSSR count). The molecule has 0 aliphatic heterocycles. The monoisotopic (exact) mass is 442 g/mol. The maximum absolute atomic E-state index is 13.0. The summed E-state index contributed by atoms with van der Waals surface area (Å²) in [5.74, 6) is 1.43.